The van der Waals surface area contributed by atoms with Crippen molar-refractivity contribution in [2.75, 3.05) is 13.1 Å². The molecule has 3 N–H and O–H groups in total. The van der Waals surface area contributed by atoms with Crippen molar-refractivity contribution in [3.05, 3.63) is 12.7 Å². The molecule has 0 spiro atoms. The van der Waals surface area contributed by atoms with E-state index in [1.807, 2.05) is 0 Å². The first-order chi connectivity index (χ1) is 3.77. The molecule has 0 aromatic rings. The summed E-state index contributed by atoms with van der Waals surface area (Å²) in [5, 5.41) is 2.74. The van der Waals surface area contributed by atoms with Gasteiger partial charge in [0.05, 0.1) is 6.54 Å². The van der Waals surface area contributed by atoms with Gasteiger partial charge in [-0.25, -0.2) is 0 Å². The van der Waals surface area contributed by atoms with E-state index in [2.05, 4.69) is 11.9 Å². The fraction of sp³-hybridized carbons (Fsp3) is 0.400. The second-order valence-electron chi connectivity index (χ2n) is 1.39. The molecule has 0 aromatic carbocycles. The molecule has 48 valence electrons. The van der Waals surface area contributed by atoms with Gasteiger partial charge in [0, 0.05) is 6.54 Å². The van der Waals surface area contributed by atoms with Gasteiger partial charge in [0.1, 0.15) is 0 Å². The van der Waals surface area contributed by atoms with Crippen molar-refractivity contribution in [2.24, 2.45) is 5.73 Å². The summed E-state index contributed by atoms with van der Waals surface area (Å²) in [5.74, 6) is -0.341. The Morgan fingerprint density at radius 1 is 1.89 bits per heavy atom. The number of carbonyl (C=O) groups excluding carboxylic acids is 1. The number of amides is 1. The van der Waals surface area contributed by atoms with Crippen LogP contribution >= 0.6 is 0 Å². The smallest absolute Gasteiger partial charge is 1.00 e. The summed E-state index contributed by atoms with van der Waals surface area (Å²) in [6.45, 7) is 4.30. The van der Waals surface area contributed by atoms with Crippen LogP contribution in [0.15, 0.2) is 12.7 Å². The number of carbonyl (C=O) groups is 1. The zero-order chi connectivity index (χ0) is 6.41. The summed E-state index contributed by atoms with van der Waals surface area (Å²) in [4.78, 5) is 10.00. The van der Waals surface area contributed by atoms with E-state index < -0.39 is 0 Å². The zero-order valence-electron chi connectivity index (χ0n) is 6.68. The van der Waals surface area contributed by atoms with Crippen LogP contribution in [0.2, 0.25) is 0 Å². The summed E-state index contributed by atoms with van der Waals surface area (Å²) in [6, 6.07) is 0. The third-order valence-corrected chi connectivity index (χ3v) is 0.588. The van der Waals surface area contributed by atoms with Gasteiger partial charge in [-0.15, -0.1) is 6.58 Å². The molecule has 3 nitrogen and oxygen atoms in total. The fourth-order valence-electron chi connectivity index (χ4n) is 0.297. The van der Waals surface area contributed by atoms with Crippen LogP contribution in [0.1, 0.15) is 1.43 Å². The normalized spacial score (nSPS) is 7.56. The second kappa shape index (κ2) is 8.17. The van der Waals surface area contributed by atoms with E-state index in [-0.39, 0.29) is 43.4 Å². The number of nitrogens with one attached hydrogen (secondary N) is 1. The molecule has 0 saturated carbocycles. The Hall–Kier alpha value is 0.170. The second-order valence-corrected chi connectivity index (χ2v) is 1.39. The molecule has 0 aliphatic rings. The maximum absolute atomic E-state index is 10.00. The Morgan fingerprint density at radius 2 is 2.44 bits per heavy atom. The molecule has 0 aliphatic heterocycles. The van der Waals surface area contributed by atoms with E-state index >= 15 is 0 Å². The van der Waals surface area contributed by atoms with Crippen molar-refractivity contribution < 1.29 is 35.8 Å². The third-order valence-electron chi connectivity index (χ3n) is 0.588. The molecule has 0 unspecified atom stereocenters. The first-order valence-corrected chi connectivity index (χ1v) is 2.37. The molecule has 0 fully saturated rings. The molecule has 0 rings (SSSR count). The van der Waals surface area contributed by atoms with Crippen molar-refractivity contribution in [1.29, 1.82) is 0 Å². The minimum absolute atomic E-state index is 0. The summed E-state index contributed by atoms with van der Waals surface area (Å²) < 4.78 is 0. The molecule has 0 heterocycles. The van der Waals surface area contributed by atoms with Crippen LogP contribution < -0.4 is 40.6 Å². The minimum atomic E-state index is -0.341. The van der Waals surface area contributed by atoms with E-state index in [0.717, 1.165) is 0 Å². The van der Waals surface area contributed by atoms with E-state index in [0.29, 0.717) is 6.54 Å². The van der Waals surface area contributed by atoms with Gasteiger partial charge in [0.2, 0.25) is 5.91 Å². The van der Waals surface area contributed by atoms with E-state index in [9.17, 15) is 4.79 Å². The first-order valence-electron chi connectivity index (χ1n) is 2.37. The van der Waals surface area contributed by atoms with E-state index in [1.54, 1.807) is 6.08 Å². The Kier molecular flexibility index (Phi) is 10.8. The van der Waals surface area contributed by atoms with Crippen LogP contribution in [-0.4, -0.2) is 19.0 Å². The Bertz CT molecular complexity index is 99.6. The van der Waals surface area contributed by atoms with Gasteiger partial charge in [-0.05, 0) is 0 Å². The number of hydrogen-bond donors (Lipinski definition) is 2. The zero-order valence-corrected chi connectivity index (χ0v) is 7.68. The van der Waals surface area contributed by atoms with Gasteiger partial charge in [0.25, 0.3) is 0 Å². The monoisotopic (exact) mass is 138 g/mol. The maximum Gasteiger partial charge on any atom is 1.00 e. The van der Waals surface area contributed by atoms with Crippen LogP contribution in [-0.2, 0) is 4.79 Å². The molecular weight excluding hydrogens is 127 g/mol. The third kappa shape index (κ3) is 11.6. The molecule has 0 atom stereocenters. The van der Waals surface area contributed by atoms with Crippen molar-refractivity contribution in [1.82, 2.24) is 5.32 Å². The van der Waals surface area contributed by atoms with Gasteiger partial charge in [-0.1, -0.05) is 6.08 Å². The molecular formula is C5H11N2NaO. The van der Waals surface area contributed by atoms with Crippen LogP contribution in [0, 0.1) is 0 Å². The Morgan fingerprint density at radius 3 is 2.78 bits per heavy atom. The number of hydrogen-bond acceptors (Lipinski definition) is 2. The van der Waals surface area contributed by atoms with Gasteiger partial charge in [-0.2, -0.15) is 0 Å². The molecule has 0 bridgehead atoms. The van der Waals surface area contributed by atoms with Crippen molar-refractivity contribution >= 4 is 5.91 Å². The van der Waals surface area contributed by atoms with Crippen molar-refractivity contribution in [2.45, 2.75) is 0 Å². The minimum Gasteiger partial charge on any atom is -1.00 e. The molecule has 9 heavy (non-hydrogen) atoms. The topological polar surface area (TPSA) is 55.1 Å². The number of rotatable bonds is 4. The quantitative estimate of drug-likeness (QED) is 0.239. The number of nitrogens with two attached hydrogens (primary N) is 1. The van der Waals surface area contributed by atoms with Crippen LogP contribution in [0.3, 0.4) is 0 Å². The summed E-state index contributed by atoms with van der Waals surface area (Å²) in [6.07, 6.45) is 1.67. The average molecular weight is 138 g/mol. The average Bonchev–Trinajstić information content (AvgIpc) is 1.66. The Balaban J connectivity index is -0.000000245. The van der Waals surface area contributed by atoms with E-state index in [1.165, 1.54) is 0 Å². The predicted molar refractivity (Wildman–Crippen MR) is 33.4 cm³/mol. The molecule has 4 heteroatoms. The first kappa shape index (κ1) is 11.9. The van der Waals surface area contributed by atoms with Gasteiger partial charge < -0.3 is 12.5 Å². The SMILES string of the molecule is C=CCNCC(N)=O.[H-].[Na+]. The fourth-order valence-corrected chi connectivity index (χ4v) is 0.297. The standard InChI is InChI=1S/C5H10N2O.Na.H/c1-2-3-7-4-5(6)8;;/h2,7H,1,3-4H2,(H2,6,8);;/q;+1;-1. The predicted octanol–water partition coefficient (Wildman–Crippen LogP) is -3.64. The molecule has 0 aromatic heterocycles. The molecule has 0 saturated heterocycles. The van der Waals surface area contributed by atoms with Crippen molar-refractivity contribution in [3.8, 4) is 0 Å². The summed E-state index contributed by atoms with van der Waals surface area (Å²) in [5.41, 5.74) is 4.80. The molecule has 1 amide bonds. The summed E-state index contributed by atoms with van der Waals surface area (Å²) >= 11 is 0. The molecule has 0 aliphatic carbocycles. The van der Waals surface area contributed by atoms with Crippen LogP contribution in [0.4, 0.5) is 0 Å². The molecule has 0 radical (unpaired) electrons. The number of primary amides is 1. The largest absolute Gasteiger partial charge is 1.00 e. The maximum atomic E-state index is 10.00. The van der Waals surface area contributed by atoms with Gasteiger partial charge in [-0.3, -0.25) is 4.79 Å². The van der Waals surface area contributed by atoms with Gasteiger partial charge >= 0.3 is 29.6 Å². The van der Waals surface area contributed by atoms with Crippen molar-refractivity contribution in [3.63, 3.8) is 0 Å². The Labute approximate surface area is 78.5 Å². The van der Waals surface area contributed by atoms with Gasteiger partial charge in [0.15, 0.2) is 0 Å². The van der Waals surface area contributed by atoms with E-state index in [4.69, 9.17) is 5.73 Å². The van der Waals surface area contributed by atoms with Crippen LogP contribution in [0.5, 0.6) is 0 Å². The summed E-state index contributed by atoms with van der Waals surface area (Å²) in [7, 11) is 0. The van der Waals surface area contributed by atoms with Crippen LogP contribution in [0.25, 0.3) is 0 Å².